The molecular weight excluding hydrogens is 520 g/mol. The van der Waals surface area contributed by atoms with Crippen LogP contribution in [0.2, 0.25) is 0 Å². The molecule has 4 nitrogen and oxygen atoms in total. The van der Waals surface area contributed by atoms with Gasteiger partial charge in [0.15, 0.2) is 0 Å². The lowest BCUT2D eigenvalue weighted by Gasteiger charge is -2.23. The van der Waals surface area contributed by atoms with Crippen LogP contribution >= 0.6 is 0 Å². The fourth-order valence-electron chi connectivity index (χ4n) is 5.36. The Hall–Kier alpha value is -4.70. The third-order valence-corrected chi connectivity index (χ3v) is 7.34. The number of aromatic hydroxyl groups is 1. The number of rotatable bonds is 11. The highest BCUT2D eigenvalue weighted by Gasteiger charge is 2.24. The van der Waals surface area contributed by atoms with E-state index in [1.807, 2.05) is 87.5 Å². The van der Waals surface area contributed by atoms with Crippen molar-refractivity contribution in [3.8, 4) is 67.5 Å². The molecule has 0 aliphatic rings. The van der Waals surface area contributed by atoms with E-state index in [4.69, 9.17) is 14.2 Å². The third-order valence-electron chi connectivity index (χ3n) is 7.34. The molecule has 0 amide bonds. The van der Waals surface area contributed by atoms with Crippen LogP contribution in [0, 0.1) is 0 Å². The molecule has 0 atom stereocenters. The largest absolute Gasteiger partial charge is 0.507 e. The molecule has 42 heavy (non-hydrogen) atoms. The van der Waals surface area contributed by atoms with Crippen LogP contribution in [0.4, 0.5) is 0 Å². The highest BCUT2D eigenvalue weighted by molar-refractivity contribution is 6.03. The zero-order chi connectivity index (χ0) is 29.5. The Morgan fingerprint density at radius 2 is 1.14 bits per heavy atom. The van der Waals surface area contributed by atoms with Crippen molar-refractivity contribution in [1.29, 1.82) is 0 Å². The summed E-state index contributed by atoms with van der Waals surface area (Å²) in [5.41, 5.74) is 8.37. The zero-order valence-electron chi connectivity index (χ0n) is 24.8. The van der Waals surface area contributed by atoms with Crippen molar-refractivity contribution in [3.63, 3.8) is 0 Å². The van der Waals surface area contributed by atoms with E-state index in [1.165, 1.54) is 5.56 Å². The van der Waals surface area contributed by atoms with Crippen LogP contribution in [-0.4, -0.2) is 24.9 Å². The van der Waals surface area contributed by atoms with Gasteiger partial charge in [-0.3, -0.25) is 0 Å². The van der Waals surface area contributed by atoms with Gasteiger partial charge in [0.05, 0.1) is 19.8 Å². The molecule has 0 saturated heterocycles. The number of para-hydroxylation sites is 1. The lowest BCUT2D eigenvalue weighted by atomic mass is 9.83. The number of hydrogen-bond donors (Lipinski definition) is 1. The molecule has 0 aromatic heterocycles. The first-order chi connectivity index (χ1) is 20.6. The summed E-state index contributed by atoms with van der Waals surface area (Å²) in [4.78, 5) is 0. The molecule has 0 fully saturated rings. The average molecular weight is 559 g/mol. The highest BCUT2D eigenvalue weighted by Crippen LogP contribution is 2.51. The molecule has 0 aliphatic carbocycles. The highest BCUT2D eigenvalue weighted by atomic mass is 16.5. The molecule has 0 aliphatic heterocycles. The molecule has 5 aromatic rings. The first-order valence-electron chi connectivity index (χ1n) is 14.8. The van der Waals surface area contributed by atoms with Crippen molar-refractivity contribution in [2.24, 2.45) is 0 Å². The van der Waals surface area contributed by atoms with Crippen LogP contribution in [0.25, 0.3) is 44.5 Å². The molecule has 214 valence electrons. The topological polar surface area (TPSA) is 47.9 Å². The van der Waals surface area contributed by atoms with Gasteiger partial charge in [-0.2, -0.15) is 0 Å². The minimum Gasteiger partial charge on any atom is -0.507 e. The van der Waals surface area contributed by atoms with E-state index in [0.29, 0.717) is 19.8 Å². The molecule has 5 rings (SSSR count). The van der Waals surface area contributed by atoms with E-state index in [1.54, 1.807) is 0 Å². The van der Waals surface area contributed by atoms with Gasteiger partial charge in [0, 0.05) is 22.3 Å². The van der Waals surface area contributed by atoms with Crippen molar-refractivity contribution in [2.75, 3.05) is 19.8 Å². The quantitative estimate of drug-likeness (QED) is 0.175. The molecule has 0 bridgehead atoms. The normalized spacial score (nSPS) is 10.9. The molecule has 0 spiro atoms. The maximum absolute atomic E-state index is 12.2. The lowest BCUT2D eigenvalue weighted by Crippen LogP contribution is -1.99. The minimum atomic E-state index is 0.197. The molecule has 0 radical (unpaired) electrons. The van der Waals surface area contributed by atoms with Crippen molar-refractivity contribution in [3.05, 3.63) is 109 Å². The Kier molecular flexibility index (Phi) is 9.13. The van der Waals surface area contributed by atoms with Crippen LogP contribution < -0.4 is 14.2 Å². The van der Waals surface area contributed by atoms with E-state index in [-0.39, 0.29) is 5.75 Å². The van der Waals surface area contributed by atoms with Gasteiger partial charge in [-0.05, 0) is 91.4 Å². The molecule has 0 heterocycles. The average Bonchev–Trinajstić information content (AvgIpc) is 3.02. The van der Waals surface area contributed by atoms with Crippen molar-refractivity contribution in [2.45, 2.75) is 34.1 Å². The minimum absolute atomic E-state index is 0.197. The van der Waals surface area contributed by atoms with Crippen LogP contribution in [0.1, 0.15) is 33.3 Å². The predicted octanol–water partition coefficient (Wildman–Crippen LogP) is 9.82. The summed E-state index contributed by atoms with van der Waals surface area (Å²) >= 11 is 0. The van der Waals surface area contributed by atoms with Gasteiger partial charge in [-0.25, -0.2) is 0 Å². The Morgan fingerprint density at radius 1 is 0.500 bits per heavy atom. The fourth-order valence-corrected chi connectivity index (χ4v) is 5.36. The summed E-state index contributed by atoms with van der Waals surface area (Å²) in [6.07, 6.45) is 0.961. The van der Waals surface area contributed by atoms with Gasteiger partial charge < -0.3 is 19.3 Å². The summed E-state index contributed by atoms with van der Waals surface area (Å²) in [6.45, 7) is 9.76. The van der Waals surface area contributed by atoms with Crippen molar-refractivity contribution in [1.82, 2.24) is 0 Å². The summed E-state index contributed by atoms with van der Waals surface area (Å²) in [6, 6.07) is 34.6. The number of aryl methyl sites for hydroxylation is 1. The second-order valence-electron chi connectivity index (χ2n) is 9.97. The van der Waals surface area contributed by atoms with E-state index in [9.17, 15) is 5.11 Å². The zero-order valence-corrected chi connectivity index (χ0v) is 24.8. The summed E-state index contributed by atoms with van der Waals surface area (Å²) in [7, 11) is 0. The summed E-state index contributed by atoms with van der Waals surface area (Å²) in [5.74, 6) is 2.51. The Balaban J connectivity index is 1.88. The Labute approximate surface area is 249 Å². The first kappa shape index (κ1) is 28.8. The van der Waals surface area contributed by atoms with Crippen LogP contribution in [0.5, 0.6) is 23.0 Å². The summed E-state index contributed by atoms with van der Waals surface area (Å²) < 4.78 is 17.7. The number of phenolic OH excluding ortho intramolecular Hbond substituents is 1. The first-order valence-corrected chi connectivity index (χ1v) is 14.8. The maximum Gasteiger partial charge on any atom is 0.131 e. The Bertz CT molecular complexity index is 1640. The van der Waals surface area contributed by atoms with Crippen LogP contribution in [0.15, 0.2) is 103 Å². The third kappa shape index (κ3) is 5.99. The standard InChI is InChI=1S/C38H38O4/c1-5-26-16-18-27(19-17-26)33-25-34(28-20-22-30(23-21-28)40-6-2)38(39)36(29-12-11-13-31(24-29)41-7-3)37(33)32-14-9-10-15-35(32)42-8-4/h9-25,39H,5-8H2,1-4H3. The smallest absolute Gasteiger partial charge is 0.131 e. The van der Waals surface area contributed by atoms with Gasteiger partial charge in [0.2, 0.25) is 0 Å². The van der Waals surface area contributed by atoms with Crippen molar-refractivity contribution < 1.29 is 19.3 Å². The maximum atomic E-state index is 12.2. The van der Waals surface area contributed by atoms with Crippen molar-refractivity contribution >= 4 is 0 Å². The molecule has 1 N–H and O–H groups in total. The van der Waals surface area contributed by atoms with E-state index in [2.05, 4.69) is 43.3 Å². The molecule has 5 aromatic carbocycles. The van der Waals surface area contributed by atoms with E-state index >= 15 is 0 Å². The number of hydrogen-bond acceptors (Lipinski definition) is 4. The predicted molar refractivity (Wildman–Crippen MR) is 173 cm³/mol. The molecular formula is C38H38O4. The van der Waals surface area contributed by atoms with Gasteiger partial charge in [0.1, 0.15) is 23.0 Å². The SMILES string of the molecule is CCOc1ccc(-c2cc(-c3ccc(CC)cc3)c(-c3ccccc3OCC)c(-c3cccc(OCC)c3)c2O)cc1. The monoisotopic (exact) mass is 558 g/mol. The molecule has 0 saturated carbocycles. The van der Waals surface area contributed by atoms with Gasteiger partial charge in [0.25, 0.3) is 0 Å². The van der Waals surface area contributed by atoms with Gasteiger partial charge in [-0.15, -0.1) is 0 Å². The van der Waals surface area contributed by atoms with Gasteiger partial charge in [-0.1, -0.05) is 73.7 Å². The van der Waals surface area contributed by atoms with Crippen LogP contribution in [0.3, 0.4) is 0 Å². The number of benzene rings is 5. The molecule has 0 unspecified atom stereocenters. The van der Waals surface area contributed by atoms with E-state index < -0.39 is 0 Å². The lowest BCUT2D eigenvalue weighted by molar-refractivity contribution is 0.340. The van der Waals surface area contributed by atoms with E-state index in [0.717, 1.165) is 68.2 Å². The second-order valence-corrected chi connectivity index (χ2v) is 9.97. The second kappa shape index (κ2) is 13.3. The fraction of sp³-hybridized carbons (Fsp3) is 0.211. The molecule has 4 heteroatoms. The number of ether oxygens (including phenoxy) is 3. The van der Waals surface area contributed by atoms with Crippen LogP contribution in [-0.2, 0) is 6.42 Å². The summed E-state index contributed by atoms with van der Waals surface area (Å²) in [5, 5.41) is 12.2. The number of phenols is 1. The van der Waals surface area contributed by atoms with Gasteiger partial charge >= 0.3 is 0 Å². The Morgan fingerprint density at radius 3 is 1.83 bits per heavy atom.